The first-order valence-electron chi connectivity index (χ1n) is 6.28. The average Bonchev–Trinajstić information content (AvgIpc) is 2.82. The van der Waals surface area contributed by atoms with E-state index < -0.39 is 17.0 Å². The first-order chi connectivity index (χ1) is 9.97. The van der Waals surface area contributed by atoms with E-state index >= 15 is 0 Å². The minimum atomic E-state index is -0.979. The Kier molecular flexibility index (Phi) is 3.29. The molecule has 0 aliphatic carbocycles. The van der Waals surface area contributed by atoms with Gasteiger partial charge in [-0.05, 0) is 36.2 Å². The highest BCUT2D eigenvalue weighted by molar-refractivity contribution is 6.22. The van der Waals surface area contributed by atoms with E-state index in [1.54, 1.807) is 25.1 Å². The number of hydrogen-bond donors (Lipinski definition) is 2. The fourth-order valence-corrected chi connectivity index (χ4v) is 2.62. The smallest absolute Gasteiger partial charge is 0.306 e. The number of hydrogen-bond acceptors (Lipinski definition) is 1. The molecule has 0 saturated heterocycles. The molecule has 0 saturated carbocycles. The number of H-pyrrole nitrogens is 2. The van der Waals surface area contributed by atoms with E-state index in [0.717, 1.165) is 0 Å². The molecule has 0 bridgehead atoms. The second-order valence-electron chi connectivity index (χ2n) is 4.84. The molecule has 21 heavy (non-hydrogen) atoms. The van der Waals surface area contributed by atoms with Gasteiger partial charge in [-0.3, -0.25) is 0 Å². The molecule has 0 aliphatic rings. The molecule has 0 spiro atoms. The summed E-state index contributed by atoms with van der Waals surface area (Å²) in [6.45, 7) is 1.55. The zero-order chi connectivity index (χ0) is 15.1. The molecule has 3 aromatic rings. The summed E-state index contributed by atoms with van der Waals surface area (Å²) in [6.07, 6.45) is 0. The fraction of sp³-hybridized carbons (Fsp3) is 0.133. The van der Waals surface area contributed by atoms with Gasteiger partial charge in [0, 0.05) is 5.56 Å². The first kappa shape index (κ1) is 13.8. The molecule has 6 heteroatoms. The van der Waals surface area contributed by atoms with Gasteiger partial charge in [0.15, 0.2) is 0 Å². The third-order valence-corrected chi connectivity index (χ3v) is 3.88. The number of rotatable bonds is 2. The molecule has 1 unspecified atom stereocenters. The summed E-state index contributed by atoms with van der Waals surface area (Å²) in [7, 11) is 0. The van der Waals surface area contributed by atoms with Gasteiger partial charge in [-0.15, -0.1) is 11.6 Å². The zero-order valence-corrected chi connectivity index (χ0v) is 11.8. The van der Waals surface area contributed by atoms with Crippen molar-refractivity contribution in [3.05, 3.63) is 69.1 Å². The van der Waals surface area contributed by atoms with E-state index in [1.165, 1.54) is 12.1 Å². The lowest BCUT2D eigenvalue weighted by atomic mass is 10.0. The molecule has 0 fully saturated rings. The number of imidazole rings is 1. The second kappa shape index (κ2) is 5.00. The van der Waals surface area contributed by atoms with Crippen molar-refractivity contribution in [2.45, 2.75) is 12.3 Å². The van der Waals surface area contributed by atoms with Crippen LogP contribution in [0.5, 0.6) is 0 Å². The van der Waals surface area contributed by atoms with Crippen molar-refractivity contribution >= 4 is 22.6 Å². The zero-order valence-electron chi connectivity index (χ0n) is 11.0. The van der Waals surface area contributed by atoms with Crippen LogP contribution in [0.2, 0.25) is 0 Å². The minimum Gasteiger partial charge on any atom is -0.306 e. The molecule has 1 aromatic heterocycles. The summed E-state index contributed by atoms with van der Waals surface area (Å²) < 4.78 is 28.0. The average molecular weight is 309 g/mol. The number of halogens is 3. The van der Waals surface area contributed by atoms with Crippen molar-refractivity contribution in [1.29, 1.82) is 0 Å². The van der Waals surface area contributed by atoms with Crippen molar-refractivity contribution in [2.75, 3.05) is 0 Å². The molecular weight excluding hydrogens is 298 g/mol. The van der Waals surface area contributed by atoms with Gasteiger partial charge in [-0.1, -0.05) is 12.1 Å². The lowest BCUT2D eigenvalue weighted by molar-refractivity contribution is 0.553. The van der Waals surface area contributed by atoms with E-state index in [2.05, 4.69) is 9.97 Å². The van der Waals surface area contributed by atoms with Crippen molar-refractivity contribution in [1.82, 2.24) is 9.97 Å². The Bertz CT molecular complexity index is 885. The highest BCUT2D eigenvalue weighted by Gasteiger charge is 2.21. The van der Waals surface area contributed by atoms with Crippen LogP contribution in [0.1, 0.15) is 22.1 Å². The summed E-state index contributed by atoms with van der Waals surface area (Å²) in [5, 5.41) is -0.979. The lowest BCUT2D eigenvalue weighted by Crippen LogP contribution is -2.03. The number of aryl methyl sites for hydroxylation is 1. The molecule has 3 rings (SSSR count). The predicted molar refractivity (Wildman–Crippen MR) is 77.7 cm³/mol. The van der Waals surface area contributed by atoms with Gasteiger partial charge in [0.05, 0.1) is 16.4 Å². The normalized spacial score (nSPS) is 12.8. The molecule has 0 radical (unpaired) electrons. The largest absolute Gasteiger partial charge is 0.323 e. The van der Waals surface area contributed by atoms with Gasteiger partial charge >= 0.3 is 5.69 Å². The molecule has 108 valence electrons. The van der Waals surface area contributed by atoms with E-state index in [9.17, 15) is 13.6 Å². The Labute approximate surface area is 123 Å². The Morgan fingerprint density at radius 3 is 2.57 bits per heavy atom. The topological polar surface area (TPSA) is 48.6 Å². The fourth-order valence-electron chi connectivity index (χ4n) is 2.29. The van der Waals surface area contributed by atoms with E-state index in [0.29, 0.717) is 22.2 Å². The number of nitrogens with one attached hydrogen (secondary N) is 2. The minimum absolute atomic E-state index is 0.186. The van der Waals surface area contributed by atoms with Crippen LogP contribution in [0.4, 0.5) is 8.78 Å². The van der Waals surface area contributed by atoms with E-state index in [4.69, 9.17) is 11.6 Å². The quantitative estimate of drug-likeness (QED) is 0.696. The standard InChI is InChI=1S/C15H11ClF2N2O/c1-7-2-4-9(17)12(14(7)18)13(16)8-3-5-10-11(6-8)20-15(21)19-10/h2-6,13H,1H3,(H2,19,20,21). The molecule has 2 aromatic carbocycles. The molecule has 1 atom stereocenters. The van der Waals surface area contributed by atoms with Crippen LogP contribution in [-0.4, -0.2) is 9.97 Å². The number of benzene rings is 2. The first-order valence-corrected chi connectivity index (χ1v) is 6.71. The van der Waals surface area contributed by atoms with Gasteiger partial charge < -0.3 is 9.97 Å². The van der Waals surface area contributed by atoms with Crippen LogP contribution in [0.15, 0.2) is 35.1 Å². The van der Waals surface area contributed by atoms with Crippen LogP contribution < -0.4 is 5.69 Å². The lowest BCUT2D eigenvalue weighted by Gasteiger charge is -2.14. The van der Waals surface area contributed by atoms with Crippen molar-refractivity contribution < 1.29 is 8.78 Å². The van der Waals surface area contributed by atoms with E-state index in [1.807, 2.05) is 0 Å². The SMILES string of the molecule is Cc1ccc(F)c(C(Cl)c2ccc3[nH]c(=O)[nH]c3c2)c1F. The van der Waals surface area contributed by atoms with Crippen molar-refractivity contribution in [3.63, 3.8) is 0 Å². The Balaban J connectivity index is 2.14. The third kappa shape index (κ3) is 2.34. The molecule has 1 heterocycles. The maximum absolute atomic E-state index is 14.1. The maximum Gasteiger partial charge on any atom is 0.323 e. The Morgan fingerprint density at radius 1 is 1.10 bits per heavy atom. The summed E-state index contributed by atoms with van der Waals surface area (Å²) in [5.74, 6) is -1.35. The van der Waals surface area contributed by atoms with Crippen molar-refractivity contribution in [2.24, 2.45) is 0 Å². The van der Waals surface area contributed by atoms with Crippen molar-refractivity contribution in [3.8, 4) is 0 Å². The highest BCUT2D eigenvalue weighted by Crippen LogP contribution is 2.34. The number of alkyl halides is 1. The Hall–Kier alpha value is -2.14. The van der Waals surface area contributed by atoms with Gasteiger partial charge in [-0.25, -0.2) is 13.6 Å². The number of aromatic amines is 2. The van der Waals surface area contributed by atoms with Gasteiger partial charge in [0.1, 0.15) is 11.6 Å². The molecule has 0 amide bonds. The number of aromatic nitrogens is 2. The van der Waals surface area contributed by atoms with Crippen LogP contribution in [0.3, 0.4) is 0 Å². The summed E-state index contributed by atoms with van der Waals surface area (Å²) >= 11 is 6.24. The maximum atomic E-state index is 14.1. The van der Waals surface area contributed by atoms with Gasteiger partial charge in [0.25, 0.3) is 0 Å². The summed E-state index contributed by atoms with van der Waals surface area (Å²) in [5.41, 5.74) is 1.44. The van der Waals surface area contributed by atoms with Crippen LogP contribution in [-0.2, 0) is 0 Å². The number of fused-ring (bicyclic) bond motifs is 1. The Morgan fingerprint density at radius 2 is 1.81 bits per heavy atom. The molecular formula is C15H11ClF2N2O. The summed E-state index contributed by atoms with van der Waals surface area (Å²) in [4.78, 5) is 16.4. The predicted octanol–water partition coefficient (Wildman–Crippen LogP) is 3.77. The highest BCUT2D eigenvalue weighted by atomic mass is 35.5. The van der Waals surface area contributed by atoms with E-state index in [-0.39, 0.29) is 11.3 Å². The third-order valence-electron chi connectivity index (χ3n) is 3.41. The molecule has 0 aliphatic heterocycles. The van der Waals surface area contributed by atoms with Crippen LogP contribution in [0, 0.1) is 18.6 Å². The summed E-state index contributed by atoms with van der Waals surface area (Å²) in [6, 6.07) is 7.44. The second-order valence-corrected chi connectivity index (χ2v) is 5.28. The molecule has 2 N–H and O–H groups in total. The monoisotopic (exact) mass is 308 g/mol. The van der Waals surface area contributed by atoms with Gasteiger partial charge in [-0.2, -0.15) is 0 Å². The molecule has 3 nitrogen and oxygen atoms in total. The van der Waals surface area contributed by atoms with Crippen LogP contribution >= 0.6 is 11.6 Å². The van der Waals surface area contributed by atoms with Crippen LogP contribution in [0.25, 0.3) is 11.0 Å². The van der Waals surface area contributed by atoms with Gasteiger partial charge in [0.2, 0.25) is 0 Å².